The number of thioether (sulfide) groups is 1. The Labute approximate surface area is 121 Å². The number of carbonyl (C=O) groups excluding carboxylic acids is 1. The summed E-state index contributed by atoms with van der Waals surface area (Å²) in [6, 6.07) is 6.88. The van der Waals surface area contributed by atoms with Crippen molar-refractivity contribution in [3.05, 3.63) is 29.8 Å². The van der Waals surface area contributed by atoms with E-state index in [0.29, 0.717) is 17.9 Å². The quantitative estimate of drug-likeness (QED) is 0.725. The molecule has 1 amide bonds. The molecule has 0 radical (unpaired) electrons. The first-order valence-electron chi connectivity index (χ1n) is 5.99. The van der Waals surface area contributed by atoms with Gasteiger partial charge >= 0.3 is 5.97 Å². The third-order valence-electron chi connectivity index (χ3n) is 3.05. The largest absolute Gasteiger partial charge is 0.480 e. The Kier molecular flexibility index (Phi) is 4.76. The van der Waals surface area contributed by atoms with E-state index in [4.69, 9.17) is 5.11 Å². The summed E-state index contributed by atoms with van der Waals surface area (Å²) in [5, 5.41) is 11.6. The van der Waals surface area contributed by atoms with E-state index in [2.05, 4.69) is 17.9 Å². The van der Waals surface area contributed by atoms with Crippen molar-refractivity contribution in [2.24, 2.45) is 0 Å². The standard InChI is InChI=1S/C13H15NO3S2/c15-12(14-10(5-6-18)13(16)17)9-7-19-11-4-2-1-3-8(9)11/h1-4,9-10,18H,5-7H2,(H,14,15)(H,16,17). The van der Waals surface area contributed by atoms with E-state index in [1.807, 2.05) is 24.3 Å². The zero-order valence-corrected chi connectivity index (χ0v) is 11.9. The number of hydrogen-bond acceptors (Lipinski definition) is 4. The van der Waals surface area contributed by atoms with Crippen LogP contribution in [0.3, 0.4) is 0 Å². The van der Waals surface area contributed by atoms with Gasteiger partial charge in [0, 0.05) is 10.6 Å². The van der Waals surface area contributed by atoms with Crippen LogP contribution in [0.2, 0.25) is 0 Å². The zero-order valence-electron chi connectivity index (χ0n) is 10.2. The van der Waals surface area contributed by atoms with Crippen molar-refractivity contribution in [1.29, 1.82) is 0 Å². The van der Waals surface area contributed by atoms with Crippen LogP contribution >= 0.6 is 24.4 Å². The first-order chi connectivity index (χ1) is 9.13. The van der Waals surface area contributed by atoms with E-state index >= 15 is 0 Å². The molecule has 0 saturated carbocycles. The van der Waals surface area contributed by atoms with Gasteiger partial charge in [0.05, 0.1) is 5.92 Å². The number of benzene rings is 1. The second kappa shape index (κ2) is 6.34. The number of hydrogen-bond donors (Lipinski definition) is 3. The van der Waals surface area contributed by atoms with Gasteiger partial charge in [0.15, 0.2) is 0 Å². The molecule has 1 aromatic carbocycles. The second-order valence-electron chi connectivity index (χ2n) is 4.31. The Morgan fingerprint density at radius 2 is 2.21 bits per heavy atom. The molecule has 0 aliphatic carbocycles. The molecule has 2 unspecified atom stereocenters. The van der Waals surface area contributed by atoms with Crippen LogP contribution in [0, 0.1) is 0 Å². The summed E-state index contributed by atoms with van der Waals surface area (Å²) in [7, 11) is 0. The maximum absolute atomic E-state index is 12.2. The van der Waals surface area contributed by atoms with Crippen molar-refractivity contribution in [3.8, 4) is 0 Å². The number of thiol groups is 1. The highest BCUT2D eigenvalue weighted by atomic mass is 32.2. The number of aliphatic carboxylic acids is 1. The van der Waals surface area contributed by atoms with Gasteiger partial charge in [-0.05, 0) is 23.8 Å². The average molecular weight is 297 g/mol. The summed E-state index contributed by atoms with van der Waals surface area (Å²) in [6.07, 6.45) is 0.325. The van der Waals surface area contributed by atoms with Gasteiger partial charge in [-0.1, -0.05) is 18.2 Å². The highest BCUT2D eigenvalue weighted by molar-refractivity contribution is 7.99. The van der Waals surface area contributed by atoms with Crippen molar-refractivity contribution in [3.63, 3.8) is 0 Å². The summed E-state index contributed by atoms with van der Waals surface area (Å²) in [6.45, 7) is 0. The van der Waals surface area contributed by atoms with Crippen LogP contribution in [0.25, 0.3) is 0 Å². The Hall–Kier alpha value is -1.14. The SMILES string of the molecule is O=C(O)C(CCS)NC(=O)C1CSc2ccccc21. The number of rotatable bonds is 5. The monoisotopic (exact) mass is 297 g/mol. The number of nitrogens with one attached hydrogen (secondary N) is 1. The van der Waals surface area contributed by atoms with Crippen LogP contribution in [-0.4, -0.2) is 34.5 Å². The fourth-order valence-corrected chi connectivity index (χ4v) is 3.53. The number of carboxylic acid groups (broad SMARTS) is 1. The van der Waals surface area contributed by atoms with Gasteiger partial charge in [-0.2, -0.15) is 12.6 Å². The van der Waals surface area contributed by atoms with Gasteiger partial charge in [-0.3, -0.25) is 4.79 Å². The molecule has 1 aliphatic heterocycles. The second-order valence-corrected chi connectivity index (χ2v) is 5.82. The van der Waals surface area contributed by atoms with Crippen LogP contribution < -0.4 is 5.32 Å². The molecule has 1 aliphatic rings. The molecule has 2 rings (SSSR count). The van der Waals surface area contributed by atoms with Crippen LogP contribution in [0.15, 0.2) is 29.2 Å². The summed E-state index contributed by atoms with van der Waals surface area (Å²) in [5.74, 6) is -0.401. The van der Waals surface area contributed by atoms with E-state index < -0.39 is 12.0 Å². The molecular weight excluding hydrogens is 282 g/mol. The lowest BCUT2D eigenvalue weighted by molar-refractivity contribution is -0.142. The van der Waals surface area contributed by atoms with Gasteiger partial charge in [-0.25, -0.2) is 4.79 Å². The van der Waals surface area contributed by atoms with Gasteiger partial charge in [0.2, 0.25) is 5.91 Å². The summed E-state index contributed by atoms with van der Waals surface area (Å²) in [5.41, 5.74) is 0.986. The molecule has 0 aromatic heterocycles. The molecule has 6 heteroatoms. The van der Waals surface area contributed by atoms with Crippen LogP contribution in [-0.2, 0) is 9.59 Å². The molecule has 19 heavy (non-hydrogen) atoms. The number of carboxylic acids is 1. The molecule has 2 N–H and O–H groups in total. The molecule has 0 fully saturated rings. The first kappa shape index (κ1) is 14.3. The van der Waals surface area contributed by atoms with E-state index in [1.54, 1.807) is 11.8 Å². The molecule has 1 aromatic rings. The smallest absolute Gasteiger partial charge is 0.326 e. The maximum atomic E-state index is 12.2. The molecule has 0 bridgehead atoms. The van der Waals surface area contributed by atoms with Gasteiger partial charge in [0.1, 0.15) is 6.04 Å². The fraction of sp³-hybridized carbons (Fsp3) is 0.385. The summed E-state index contributed by atoms with van der Waals surface area (Å²) in [4.78, 5) is 24.3. The topological polar surface area (TPSA) is 66.4 Å². The van der Waals surface area contributed by atoms with E-state index in [0.717, 1.165) is 10.5 Å². The van der Waals surface area contributed by atoms with E-state index in [1.165, 1.54) is 0 Å². The molecular formula is C13H15NO3S2. The van der Waals surface area contributed by atoms with E-state index in [9.17, 15) is 9.59 Å². The van der Waals surface area contributed by atoms with Crippen molar-refractivity contribution in [2.75, 3.05) is 11.5 Å². The van der Waals surface area contributed by atoms with Crippen molar-refractivity contribution in [1.82, 2.24) is 5.32 Å². The fourth-order valence-electron chi connectivity index (χ4n) is 2.04. The normalized spacial score (nSPS) is 18.7. The predicted molar refractivity (Wildman–Crippen MR) is 77.9 cm³/mol. The minimum Gasteiger partial charge on any atom is -0.480 e. The van der Waals surface area contributed by atoms with E-state index in [-0.39, 0.29) is 11.8 Å². The summed E-state index contributed by atoms with van der Waals surface area (Å²) < 4.78 is 0. The van der Waals surface area contributed by atoms with Gasteiger partial charge < -0.3 is 10.4 Å². The van der Waals surface area contributed by atoms with Crippen LogP contribution in [0.1, 0.15) is 17.9 Å². The first-order valence-corrected chi connectivity index (χ1v) is 7.61. The molecule has 1 heterocycles. The lowest BCUT2D eigenvalue weighted by Crippen LogP contribution is -2.43. The third kappa shape index (κ3) is 3.25. The highest BCUT2D eigenvalue weighted by Gasteiger charge is 2.31. The van der Waals surface area contributed by atoms with Crippen LogP contribution in [0.4, 0.5) is 0 Å². The van der Waals surface area contributed by atoms with Gasteiger partial charge in [0.25, 0.3) is 0 Å². The maximum Gasteiger partial charge on any atom is 0.326 e. The van der Waals surface area contributed by atoms with Gasteiger partial charge in [-0.15, -0.1) is 11.8 Å². The molecule has 4 nitrogen and oxygen atoms in total. The Bertz CT molecular complexity index is 493. The minimum atomic E-state index is -1.01. The minimum absolute atomic E-state index is 0.216. The Morgan fingerprint density at radius 3 is 2.89 bits per heavy atom. The Morgan fingerprint density at radius 1 is 1.47 bits per heavy atom. The lowest BCUT2D eigenvalue weighted by atomic mass is 10.00. The number of carbonyl (C=O) groups is 2. The molecule has 0 spiro atoms. The molecule has 102 valence electrons. The third-order valence-corrected chi connectivity index (χ3v) is 4.49. The van der Waals surface area contributed by atoms with Crippen LogP contribution in [0.5, 0.6) is 0 Å². The predicted octanol–water partition coefficient (Wildman–Crippen LogP) is 1.77. The van der Waals surface area contributed by atoms with Crippen molar-refractivity contribution < 1.29 is 14.7 Å². The molecule has 2 atom stereocenters. The Balaban J connectivity index is 2.07. The van der Waals surface area contributed by atoms with Crippen molar-refractivity contribution >= 4 is 36.3 Å². The number of amides is 1. The molecule has 0 saturated heterocycles. The lowest BCUT2D eigenvalue weighted by Gasteiger charge is -2.17. The average Bonchev–Trinajstić information content (AvgIpc) is 2.81. The highest BCUT2D eigenvalue weighted by Crippen LogP contribution is 2.39. The van der Waals surface area contributed by atoms with Crippen molar-refractivity contribution in [2.45, 2.75) is 23.3 Å². The zero-order chi connectivity index (χ0) is 13.8. The summed E-state index contributed by atoms with van der Waals surface area (Å²) >= 11 is 5.64. The number of fused-ring (bicyclic) bond motifs is 1.